The molecule has 13 heteroatoms. The van der Waals surface area contributed by atoms with Gasteiger partial charge in [0.2, 0.25) is 5.91 Å². The number of thiophene rings is 1. The normalized spacial score (nSPS) is 15.6. The van der Waals surface area contributed by atoms with E-state index in [1.54, 1.807) is 28.1 Å². The van der Waals surface area contributed by atoms with Crippen molar-refractivity contribution in [3.8, 4) is 10.4 Å². The second-order valence-electron chi connectivity index (χ2n) is 17.2. The third-order valence-electron chi connectivity index (χ3n) is 10.9. The molecule has 12 nitrogen and oxygen atoms in total. The molecule has 2 aliphatic rings. The summed E-state index contributed by atoms with van der Waals surface area (Å²) in [6.07, 6.45) is 3.13. The summed E-state index contributed by atoms with van der Waals surface area (Å²) in [5, 5.41) is 4.58. The first-order valence-electron chi connectivity index (χ1n) is 20.5. The maximum Gasteiger partial charge on any atom is 0.410 e. The van der Waals surface area contributed by atoms with Crippen LogP contribution >= 0.6 is 11.3 Å². The molecule has 2 saturated heterocycles. The summed E-state index contributed by atoms with van der Waals surface area (Å²) < 4.78 is 5.55. The standard InChI is InChI=1S/C46H56N8O4S/c1-29(41-16-17-42(59-41)37-15-10-9-12-34(37)28-51(7)8)48-44-38-24-43(47-25-39(38)49-30(2)50-44)53-26-32(27-53)22-40(56)33-13-11-14-36(23-33)54(31(3)55)35-18-20-52(21-19-35)45(57)58-46(4,5)6/h9-17,23-25,29,32,35H,18-22,26-28H2,1-8H3,(H,48,49,50). The summed E-state index contributed by atoms with van der Waals surface area (Å²) in [5.74, 6) is 2.41. The number of nitrogens with one attached hydrogen (secondary N) is 1. The van der Waals surface area contributed by atoms with E-state index in [0.717, 1.165) is 29.1 Å². The number of anilines is 3. The smallest absolute Gasteiger partial charge is 0.410 e. The molecule has 1 unspecified atom stereocenters. The molecule has 1 N–H and O–H groups in total. The molecule has 7 rings (SSSR count). The van der Waals surface area contributed by atoms with Gasteiger partial charge in [0.1, 0.15) is 23.1 Å². The number of ether oxygens (including phenoxy) is 1. The van der Waals surface area contributed by atoms with E-state index in [1.165, 1.54) is 20.9 Å². The van der Waals surface area contributed by atoms with Crippen molar-refractivity contribution in [3.05, 3.63) is 94.8 Å². The second kappa shape index (κ2) is 17.4. The fraction of sp³-hybridized carbons (Fsp3) is 0.435. The van der Waals surface area contributed by atoms with E-state index >= 15 is 0 Å². The van der Waals surface area contributed by atoms with Crippen molar-refractivity contribution in [2.45, 2.75) is 85.0 Å². The highest BCUT2D eigenvalue weighted by Gasteiger charge is 2.33. The van der Waals surface area contributed by atoms with Gasteiger partial charge in [-0.15, -0.1) is 11.3 Å². The number of amides is 2. The van der Waals surface area contributed by atoms with Gasteiger partial charge in [-0.3, -0.25) is 9.59 Å². The average Bonchev–Trinajstić information content (AvgIpc) is 3.66. The Labute approximate surface area is 351 Å². The van der Waals surface area contributed by atoms with Gasteiger partial charge in [0.15, 0.2) is 5.78 Å². The summed E-state index contributed by atoms with van der Waals surface area (Å²) in [5.41, 5.74) is 4.07. The highest BCUT2D eigenvalue weighted by atomic mass is 32.1. The lowest BCUT2D eigenvalue weighted by atomic mass is 9.91. The number of hydrogen-bond acceptors (Lipinski definition) is 11. The number of aryl methyl sites for hydroxylation is 1. The summed E-state index contributed by atoms with van der Waals surface area (Å²) in [6, 6.07) is 22.4. The van der Waals surface area contributed by atoms with Crippen LogP contribution in [0.15, 0.2) is 72.9 Å². The van der Waals surface area contributed by atoms with Crippen LogP contribution < -0.4 is 15.1 Å². The summed E-state index contributed by atoms with van der Waals surface area (Å²) in [7, 11) is 4.19. The van der Waals surface area contributed by atoms with Gasteiger partial charge in [-0.2, -0.15) is 0 Å². The maximum atomic E-state index is 13.6. The predicted octanol–water partition coefficient (Wildman–Crippen LogP) is 8.76. The molecule has 0 bridgehead atoms. The lowest BCUT2D eigenvalue weighted by molar-refractivity contribution is -0.117. The number of nitrogens with zero attached hydrogens (tertiary/aromatic N) is 7. The third-order valence-corrected chi connectivity index (χ3v) is 12.2. The average molecular weight is 817 g/mol. The van der Waals surface area contributed by atoms with Crippen LogP contribution in [0.2, 0.25) is 0 Å². The molecule has 59 heavy (non-hydrogen) atoms. The third kappa shape index (κ3) is 9.91. The van der Waals surface area contributed by atoms with E-state index in [9.17, 15) is 14.4 Å². The number of rotatable bonds is 12. The molecule has 5 heterocycles. The molecule has 0 radical (unpaired) electrons. The van der Waals surface area contributed by atoms with E-state index in [4.69, 9.17) is 14.7 Å². The van der Waals surface area contributed by atoms with Gasteiger partial charge in [-0.25, -0.2) is 19.7 Å². The Morgan fingerprint density at radius 3 is 2.44 bits per heavy atom. The topological polar surface area (TPSA) is 124 Å². The molecule has 2 amide bonds. The zero-order valence-corrected chi connectivity index (χ0v) is 36.3. The highest BCUT2D eigenvalue weighted by molar-refractivity contribution is 7.15. The van der Waals surface area contributed by atoms with Gasteiger partial charge < -0.3 is 29.7 Å². The minimum absolute atomic E-state index is 0.0153. The molecular formula is C46H56N8O4S. The molecule has 310 valence electrons. The zero-order chi connectivity index (χ0) is 42.0. The zero-order valence-electron chi connectivity index (χ0n) is 35.5. The van der Waals surface area contributed by atoms with Crippen molar-refractivity contribution in [2.75, 3.05) is 55.4 Å². The van der Waals surface area contributed by atoms with Crippen LogP contribution in [0.4, 0.5) is 22.1 Å². The van der Waals surface area contributed by atoms with Crippen molar-refractivity contribution < 1.29 is 19.1 Å². The Hall–Kier alpha value is -5.40. The number of carbonyl (C=O) groups excluding carboxylic acids is 3. The molecule has 2 aliphatic heterocycles. The van der Waals surface area contributed by atoms with Crippen molar-refractivity contribution in [2.24, 2.45) is 5.92 Å². The monoisotopic (exact) mass is 816 g/mol. The number of piperidine rings is 1. The SMILES string of the molecule is CC(=O)N(c1cccc(C(=O)CC2CN(c3cc4c(NC(C)c5ccc(-c6ccccc6CN(C)C)s5)nc(C)nc4cn3)C2)c1)C1CCN(C(=O)OC(C)(C)C)CC1. The van der Waals surface area contributed by atoms with Crippen LogP contribution in [0.5, 0.6) is 0 Å². The molecule has 2 fully saturated rings. The highest BCUT2D eigenvalue weighted by Crippen LogP contribution is 2.37. The van der Waals surface area contributed by atoms with Gasteiger partial charge in [0.05, 0.1) is 17.8 Å². The fourth-order valence-corrected chi connectivity index (χ4v) is 9.11. The first kappa shape index (κ1) is 41.7. The number of benzene rings is 2. The van der Waals surface area contributed by atoms with Crippen LogP contribution in [-0.2, 0) is 16.1 Å². The predicted molar refractivity (Wildman–Crippen MR) is 236 cm³/mol. The van der Waals surface area contributed by atoms with Gasteiger partial charge >= 0.3 is 6.09 Å². The number of likely N-dealkylation sites (tertiary alicyclic amines) is 1. The summed E-state index contributed by atoms with van der Waals surface area (Å²) in [6.45, 7) is 14.5. The molecule has 2 aromatic carbocycles. The number of fused-ring (bicyclic) bond motifs is 1. The molecule has 1 atom stereocenters. The number of Topliss-reactive ketones (excluding diaryl/α,β-unsaturated/α-hetero) is 1. The maximum absolute atomic E-state index is 13.6. The van der Waals surface area contributed by atoms with Crippen LogP contribution in [0.3, 0.4) is 0 Å². The second-order valence-corrected chi connectivity index (χ2v) is 18.3. The van der Waals surface area contributed by atoms with Crippen molar-refractivity contribution in [1.82, 2.24) is 24.8 Å². The quantitative estimate of drug-likeness (QED) is 0.122. The van der Waals surface area contributed by atoms with Crippen LogP contribution in [0.1, 0.15) is 86.5 Å². The minimum atomic E-state index is -0.566. The van der Waals surface area contributed by atoms with E-state index < -0.39 is 5.60 Å². The Kier molecular flexibility index (Phi) is 12.3. The molecule has 0 spiro atoms. The molecule has 3 aromatic heterocycles. The van der Waals surface area contributed by atoms with E-state index in [-0.39, 0.29) is 35.8 Å². The number of aromatic nitrogens is 3. The van der Waals surface area contributed by atoms with Gasteiger partial charge in [-0.05, 0) is 103 Å². The number of ketones is 1. The van der Waals surface area contributed by atoms with E-state index in [2.05, 4.69) is 83.6 Å². The van der Waals surface area contributed by atoms with Crippen molar-refractivity contribution >= 4 is 57.3 Å². The number of carbonyl (C=O) groups is 3. The van der Waals surface area contributed by atoms with Gasteiger partial charge in [0.25, 0.3) is 0 Å². The van der Waals surface area contributed by atoms with Gasteiger partial charge in [0, 0.05) is 84.4 Å². The Balaban J connectivity index is 0.980. The summed E-state index contributed by atoms with van der Waals surface area (Å²) >= 11 is 1.79. The Bertz CT molecular complexity index is 2320. The fourth-order valence-electron chi connectivity index (χ4n) is 8.04. The van der Waals surface area contributed by atoms with E-state index in [0.29, 0.717) is 62.5 Å². The van der Waals surface area contributed by atoms with Crippen LogP contribution in [0, 0.1) is 12.8 Å². The molecule has 5 aromatic rings. The Morgan fingerprint density at radius 1 is 0.983 bits per heavy atom. The first-order valence-corrected chi connectivity index (χ1v) is 21.3. The number of hydrogen-bond donors (Lipinski definition) is 1. The minimum Gasteiger partial charge on any atom is -0.444 e. The van der Waals surface area contributed by atoms with Crippen molar-refractivity contribution in [3.63, 3.8) is 0 Å². The van der Waals surface area contributed by atoms with Gasteiger partial charge in [-0.1, -0.05) is 36.4 Å². The number of pyridine rings is 1. The first-order chi connectivity index (χ1) is 28.1. The van der Waals surface area contributed by atoms with Crippen LogP contribution in [0.25, 0.3) is 21.3 Å². The lowest BCUT2D eigenvalue weighted by Gasteiger charge is -2.40. The molecular weight excluding hydrogens is 761 g/mol. The van der Waals surface area contributed by atoms with Crippen LogP contribution in [-0.4, -0.2) is 94.5 Å². The molecule has 0 saturated carbocycles. The Morgan fingerprint density at radius 2 is 1.73 bits per heavy atom. The van der Waals surface area contributed by atoms with E-state index in [1.807, 2.05) is 58.2 Å². The summed E-state index contributed by atoms with van der Waals surface area (Å²) in [4.78, 5) is 63.8. The lowest BCUT2D eigenvalue weighted by Crippen LogP contribution is -2.49. The molecule has 0 aliphatic carbocycles. The largest absolute Gasteiger partial charge is 0.444 e. The van der Waals surface area contributed by atoms with Crippen molar-refractivity contribution in [1.29, 1.82) is 0 Å².